The normalized spacial score (nSPS) is 13.0. The van der Waals surface area contributed by atoms with Gasteiger partial charge in [-0.1, -0.05) is 97.9 Å². The Morgan fingerprint density at radius 3 is 2.20 bits per heavy atom. The Morgan fingerprint density at radius 1 is 0.889 bits per heavy atom. The average molecular weight is 602 g/mol. The zero-order valence-electron chi connectivity index (χ0n) is 26.3. The number of ether oxygens (including phenoxy) is 2. The molecule has 1 aliphatic rings. The summed E-state index contributed by atoms with van der Waals surface area (Å²) in [6, 6.07) is 30.6. The topological polar surface area (TPSA) is 76.8 Å². The summed E-state index contributed by atoms with van der Waals surface area (Å²) in [6.07, 6.45) is 0.936. The molecule has 1 amide bonds. The van der Waals surface area contributed by atoms with E-state index in [0.29, 0.717) is 30.3 Å². The van der Waals surface area contributed by atoms with Crippen LogP contribution in [0.2, 0.25) is 0 Å². The quantitative estimate of drug-likeness (QED) is 0.177. The number of nitrogens with zero attached hydrogens (tertiary/aromatic N) is 2. The fourth-order valence-corrected chi connectivity index (χ4v) is 5.79. The summed E-state index contributed by atoms with van der Waals surface area (Å²) < 4.78 is 19.0. The van der Waals surface area contributed by atoms with Gasteiger partial charge in [0, 0.05) is 26.2 Å². The van der Waals surface area contributed by atoms with Crippen LogP contribution in [0.25, 0.3) is 22.5 Å². The highest BCUT2D eigenvalue weighted by Crippen LogP contribution is 2.45. The predicted molar refractivity (Wildman–Crippen MR) is 176 cm³/mol. The minimum atomic E-state index is -0.309. The van der Waals surface area contributed by atoms with Crippen LogP contribution in [0, 0.1) is 0 Å². The van der Waals surface area contributed by atoms with Gasteiger partial charge in [0.15, 0.2) is 11.5 Å². The van der Waals surface area contributed by atoms with E-state index >= 15 is 0 Å². The lowest BCUT2D eigenvalue weighted by atomic mass is 9.91. The van der Waals surface area contributed by atoms with Gasteiger partial charge in [0.2, 0.25) is 0 Å². The van der Waals surface area contributed by atoms with Crippen LogP contribution in [-0.2, 0) is 26.2 Å². The molecule has 0 fully saturated rings. The van der Waals surface area contributed by atoms with E-state index in [9.17, 15) is 4.79 Å². The second-order valence-corrected chi connectivity index (χ2v) is 11.9. The Bertz CT molecular complexity index is 1780. The van der Waals surface area contributed by atoms with Gasteiger partial charge in [0.25, 0.3) is 5.91 Å². The molecule has 0 atom stereocenters. The number of amides is 1. The van der Waals surface area contributed by atoms with Crippen LogP contribution < -0.4 is 14.8 Å². The highest BCUT2D eigenvalue weighted by Gasteiger charge is 2.28. The summed E-state index contributed by atoms with van der Waals surface area (Å²) in [7, 11) is 3.74. The van der Waals surface area contributed by atoms with E-state index in [1.54, 1.807) is 7.05 Å². The fraction of sp³-hybridized carbons (Fsp3) is 0.263. The molecule has 1 aromatic heterocycles. The average Bonchev–Trinajstić information content (AvgIpc) is 3.51. The largest absolute Gasteiger partial charge is 0.488 e. The van der Waals surface area contributed by atoms with E-state index in [2.05, 4.69) is 60.5 Å². The predicted octanol–water partition coefficient (Wildman–Crippen LogP) is 7.64. The van der Waals surface area contributed by atoms with Crippen LogP contribution in [0.4, 0.5) is 0 Å². The maximum absolute atomic E-state index is 13.1. The van der Waals surface area contributed by atoms with Gasteiger partial charge in [-0.3, -0.25) is 4.79 Å². The molecular formula is C38H39N3O4. The van der Waals surface area contributed by atoms with Crippen molar-refractivity contribution in [1.82, 2.24) is 15.4 Å². The lowest BCUT2D eigenvalue weighted by molar-refractivity contribution is 0.0954. The number of rotatable bonds is 10. The number of carbonyl (C=O) groups is 1. The fourth-order valence-electron chi connectivity index (χ4n) is 5.79. The number of hydrogen-bond acceptors (Lipinski definition) is 6. The summed E-state index contributed by atoms with van der Waals surface area (Å²) in [5.41, 5.74) is 8.17. The molecule has 0 aliphatic carbocycles. The number of benzene rings is 4. The van der Waals surface area contributed by atoms with Crippen molar-refractivity contribution in [3.63, 3.8) is 0 Å². The molecule has 4 aromatic carbocycles. The van der Waals surface area contributed by atoms with Gasteiger partial charge in [-0.15, -0.1) is 0 Å². The molecule has 2 heterocycles. The van der Waals surface area contributed by atoms with Crippen molar-refractivity contribution < 1.29 is 18.8 Å². The smallest absolute Gasteiger partial charge is 0.273 e. The van der Waals surface area contributed by atoms with E-state index in [1.807, 2.05) is 66.7 Å². The number of nitrogens with one attached hydrogen (secondary N) is 1. The van der Waals surface area contributed by atoms with Crippen LogP contribution in [0.15, 0.2) is 95.5 Å². The van der Waals surface area contributed by atoms with Crippen molar-refractivity contribution in [2.75, 3.05) is 20.6 Å². The molecule has 0 saturated heterocycles. The first-order chi connectivity index (χ1) is 21.9. The lowest BCUT2D eigenvalue weighted by Gasteiger charge is -2.25. The van der Waals surface area contributed by atoms with Crippen LogP contribution in [0.5, 0.6) is 11.5 Å². The van der Waals surface area contributed by atoms with Gasteiger partial charge in [0.05, 0.1) is 11.1 Å². The van der Waals surface area contributed by atoms with Crippen LogP contribution in [0.1, 0.15) is 58.1 Å². The Balaban J connectivity index is 1.49. The summed E-state index contributed by atoms with van der Waals surface area (Å²) in [5.74, 6) is 1.65. The molecule has 1 N–H and O–H groups in total. The molecule has 5 aromatic rings. The molecule has 45 heavy (non-hydrogen) atoms. The van der Waals surface area contributed by atoms with Gasteiger partial charge in [0.1, 0.15) is 24.7 Å². The third-order valence-electron chi connectivity index (χ3n) is 8.29. The SMILES string of the molecule is CNC(=O)c1noc(-c2cc(C(C)C)c(OCc3ccccc3)cc2OCc2ccccc2)c1-c1ccc2c(c1)CCN(C)C2. The Hall–Kier alpha value is -4.88. The molecule has 0 bridgehead atoms. The van der Waals surface area contributed by atoms with Crippen LogP contribution >= 0.6 is 0 Å². The standard InChI is InChI=1S/C38H39N3O4/c1-25(2)31-20-32(34(44-24-27-13-9-6-10-14-27)21-33(31)43-23-26-11-7-5-8-12-26)37-35(36(40-45-37)38(42)39-3)29-15-16-30-22-41(4)18-17-28(30)19-29/h5-16,19-21,25H,17-18,22-24H2,1-4H3,(H,39,42). The molecular weight excluding hydrogens is 562 g/mol. The number of carbonyl (C=O) groups excluding carboxylic acids is 1. The molecule has 0 spiro atoms. The minimum Gasteiger partial charge on any atom is -0.488 e. The van der Waals surface area contributed by atoms with E-state index in [4.69, 9.17) is 14.0 Å². The molecule has 6 rings (SSSR count). The van der Waals surface area contributed by atoms with Gasteiger partial charge in [-0.2, -0.15) is 0 Å². The number of fused-ring (bicyclic) bond motifs is 1. The highest BCUT2D eigenvalue weighted by atomic mass is 16.5. The molecule has 0 radical (unpaired) electrons. The maximum Gasteiger partial charge on any atom is 0.273 e. The Morgan fingerprint density at radius 2 is 1.56 bits per heavy atom. The van der Waals surface area contributed by atoms with Crippen molar-refractivity contribution in [2.24, 2.45) is 0 Å². The zero-order chi connectivity index (χ0) is 31.3. The molecule has 0 unspecified atom stereocenters. The third-order valence-corrected chi connectivity index (χ3v) is 8.29. The Kier molecular flexibility index (Phi) is 8.98. The van der Waals surface area contributed by atoms with Crippen molar-refractivity contribution in [2.45, 2.75) is 45.9 Å². The summed E-state index contributed by atoms with van der Waals surface area (Å²) in [4.78, 5) is 15.5. The van der Waals surface area contributed by atoms with Crippen molar-refractivity contribution in [3.8, 4) is 33.9 Å². The maximum atomic E-state index is 13.1. The van der Waals surface area contributed by atoms with E-state index < -0.39 is 0 Å². The monoisotopic (exact) mass is 601 g/mol. The van der Waals surface area contributed by atoms with Crippen LogP contribution in [-0.4, -0.2) is 36.6 Å². The van der Waals surface area contributed by atoms with Gasteiger partial charge in [-0.25, -0.2) is 0 Å². The summed E-state index contributed by atoms with van der Waals surface area (Å²) in [6.45, 7) is 6.93. The van der Waals surface area contributed by atoms with Crippen molar-refractivity contribution in [3.05, 3.63) is 125 Å². The van der Waals surface area contributed by atoms with Crippen LogP contribution in [0.3, 0.4) is 0 Å². The van der Waals surface area contributed by atoms with Gasteiger partial charge < -0.3 is 24.2 Å². The molecule has 7 nitrogen and oxygen atoms in total. The Labute approximate surface area is 264 Å². The molecule has 7 heteroatoms. The summed E-state index contributed by atoms with van der Waals surface area (Å²) in [5, 5.41) is 7.05. The van der Waals surface area contributed by atoms with E-state index in [0.717, 1.165) is 53.1 Å². The number of hydrogen-bond donors (Lipinski definition) is 1. The van der Waals surface area contributed by atoms with Gasteiger partial charge >= 0.3 is 0 Å². The lowest BCUT2D eigenvalue weighted by Crippen LogP contribution is -2.26. The van der Waals surface area contributed by atoms with E-state index in [1.165, 1.54) is 11.1 Å². The highest BCUT2D eigenvalue weighted by molar-refractivity contribution is 6.02. The molecule has 1 aliphatic heterocycles. The molecule has 0 saturated carbocycles. The number of likely N-dealkylation sites (N-methyl/N-ethyl adjacent to an activating group) is 1. The zero-order valence-corrected chi connectivity index (χ0v) is 26.3. The third kappa shape index (κ3) is 6.64. The van der Waals surface area contributed by atoms with Crippen molar-refractivity contribution in [1.29, 1.82) is 0 Å². The van der Waals surface area contributed by atoms with Gasteiger partial charge in [-0.05, 0) is 58.8 Å². The first-order valence-electron chi connectivity index (χ1n) is 15.5. The summed E-state index contributed by atoms with van der Waals surface area (Å²) >= 11 is 0. The van der Waals surface area contributed by atoms with E-state index in [-0.39, 0.29) is 17.5 Å². The first kappa shape index (κ1) is 30.2. The minimum absolute atomic E-state index is 0.142. The number of aromatic nitrogens is 1. The first-order valence-corrected chi connectivity index (χ1v) is 15.5. The van der Waals surface area contributed by atoms with Crippen molar-refractivity contribution >= 4 is 5.91 Å². The molecule has 230 valence electrons. The second-order valence-electron chi connectivity index (χ2n) is 11.9. The second kappa shape index (κ2) is 13.4.